The lowest BCUT2D eigenvalue weighted by Gasteiger charge is -2.27. The summed E-state index contributed by atoms with van der Waals surface area (Å²) in [5, 5.41) is 7.03. The van der Waals surface area contributed by atoms with E-state index in [2.05, 4.69) is 20.4 Å². The summed E-state index contributed by atoms with van der Waals surface area (Å²) in [4.78, 5) is 23.6. The van der Waals surface area contributed by atoms with E-state index in [1.165, 1.54) is 41.0 Å². The van der Waals surface area contributed by atoms with Crippen LogP contribution in [-0.4, -0.2) is 51.8 Å². The number of morpholine rings is 1. The maximum atomic E-state index is 13.5. The normalized spacial score (nSPS) is 14.4. The van der Waals surface area contributed by atoms with Gasteiger partial charge in [-0.3, -0.25) is 4.79 Å². The first kappa shape index (κ1) is 21.8. The molecule has 1 saturated heterocycles. The number of carbonyl (C=O) groups is 1. The zero-order chi connectivity index (χ0) is 23.7. The van der Waals surface area contributed by atoms with Gasteiger partial charge in [-0.25, -0.2) is 9.97 Å². The highest BCUT2D eigenvalue weighted by atomic mass is 19.4. The van der Waals surface area contributed by atoms with E-state index in [1.807, 2.05) is 11.0 Å². The van der Waals surface area contributed by atoms with Crippen molar-refractivity contribution in [3.8, 4) is 11.3 Å². The van der Waals surface area contributed by atoms with Gasteiger partial charge in [0.25, 0.3) is 5.91 Å². The Labute approximate surface area is 192 Å². The number of nitrogens with zero attached hydrogens (tertiary/aromatic N) is 5. The summed E-state index contributed by atoms with van der Waals surface area (Å²) in [6.45, 7) is 2.54. The van der Waals surface area contributed by atoms with Crippen molar-refractivity contribution < 1.29 is 22.7 Å². The molecule has 5 rings (SSSR count). The van der Waals surface area contributed by atoms with E-state index in [9.17, 15) is 18.0 Å². The molecule has 4 heterocycles. The van der Waals surface area contributed by atoms with Crippen molar-refractivity contribution in [2.45, 2.75) is 6.18 Å². The van der Waals surface area contributed by atoms with Gasteiger partial charge in [0, 0.05) is 30.9 Å². The van der Waals surface area contributed by atoms with Crippen molar-refractivity contribution in [1.29, 1.82) is 0 Å². The minimum Gasteiger partial charge on any atom is -0.378 e. The van der Waals surface area contributed by atoms with Gasteiger partial charge in [0.1, 0.15) is 17.3 Å². The number of halogens is 3. The molecule has 0 saturated carbocycles. The van der Waals surface area contributed by atoms with E-state index in [0.29, 0.717) is 37.8 Å². The van der Waals surface area contributed by atoms with Gasteiger partial charge in [-0.15, -0.1) is 0 Å². The van der Waals surface area contributed by atoms with E-state index < -0.39 is 17.6 Å². The number of hydrogen-bond donors (Lipinski definition) is 1. The topological polar surface area (TPSA) is 84.7 Å². The van der Waals surface area contributed by atoms with Gasteiger partial charge in [-0.2, -0.15) is 22.8 Å². The van der Waals surface area contributed by atoms with Crippen LogP contribution in [0.5, 0.6) is 0 Å². The molecule has 0 unspecified atom stereocenters. The minimum absolute atomic E-state index is 0.0716. The Balaban J connectivity index is 1.45. The smallest absolute Gasteiger partial charge is 0.378 e. The number of hydrogen-bond acceptors (Lipinski definition) is 6. The third kappa shape index (κ3) is 4.29. The number of pyridine rings is 1. The van der Waals surface area contributed by atoms with Crippen LogP contribution in [0.1, 0.15) is 16.1 Å². The lowest BCUT2D eigenvalue weighted by molar-refractivity contribution is -0.137. The van der Waals surface area contributed by atoms with E-state index in [-0.39, 0.29) is 22.8 Å². The second kappa shape index (κ2) is 8.75. The van der Waals surface area contributed by atoms with Crippen LogP contribution in [0, 0.1) is 0 Å². The van der Waals surface area contributed by atoms with Crippen LogP contribution >= 0.6 is 0 Å². The number of amides is 1. The van der Waals surface area contributed by atoms with Gasteiger partial charge in [-0.1, -0.05) is 24.3 Å². The maximum absolute atomic E-state index is 13.5. The standard InChI is InChI=1S/C23H19F3N6O2/c24-23(25,26)16-5-2-1-4-15(16)18-14-21-27-9-8-20(32(21)30-18)29-22(33)17-6-3-7-19(28-17)31-10-12-34-13-11-31/h1-9,14H,10-13H2,(H,29,33). The van der Waals surface area contributed by atoms with Crippen molar-refractivity contribution in [3.63, 3.8) is 0 Å². The number of rotatable bonds is 4. The van der Waals surface area contributed by atoms with E-state index >= 15 is 0 Å². The number of carbonyl (C=O) groups excluding carboxylic acids is 1. The fraction of sp³-hybridized carbons (Fsp3) is 0.217. The molecular formula is C23H19F3N6O2. The number of anilines is 2. The SMILES string of the molecule is O=C(Nc1ccnc2cc(-c3ccccc3C(F)(F)F)nn12)c1cccc(N2CCOCC2)n1. The molecule has 0 bridgehead atoms. The highest BCUT2D eigenvalue weighted by Gasteiger charge is 2.34. The zero-order valence-corrected chi connectivity index (χ0v) is 17.8. The fourth-order valence-corrected chi connectivity index (χ4v) is 3.77. The molecule has 11 heteroatoms. The Morgan fingerprint density at radius 2 is 1.82 bits per heavy atom. The number of fused-ring (bicyclic) bond motifs is 1. The zero-order valence-electron chi connectivity index (χ0n) is 17.8. The average molecular weight is 468 g/mol. The van der Waals surface area contributed by atoms with Crippen molar-refractivity contribution >= 4 is 23.2 Å². The van der Waals surface area contributed by atoms with Crippen molar-refractivity contribution in [1.82, 2.24) is 19.6 Å². The second-order valence-corrected chi connectivity index (χ2v) is 7.61. The summed E-state index contributed by atoms with van der Waals surface area (Å²) < 4.78 is 47.1. The van der Waals surface area contributed by atoms with Crippen LogP contribution in [0.15, 0.2) is 60.8 Å². The van der Waals surface area contributed by atoms with Crippen LogP contribution in [0.2, 0.25) is 0 Å². The quantitative estimate of drug-likeness (QED) is 0.489. The molecule has 1 amide bonds. The Morgan fingerprint density at radius 3 is 2.62 bits per heavy atom. The Bertz CT molecular complexity index is 1350. The van der Waals surface area contributed by atoms with Gasteiger partial charge >= 0.3 is 6.18 Å². The highest BCUT2D eigenvalue weighted by Crippen LogP contribution is 2.36. The summed E-state index contributed by atoms with van der Waals surface area (Å²) in [5.41, 5.74) is -0.288. The maximum Gasteiger partial charge on any atom is 0.417 e. The Kier molecular flexibility index (Phi) is 5.62. The fourth-order valence-electron chi connectivity index (χ4n) is 3.77. The molecule has 0 atom stereocenters. The molecule has 1 N–H and O–H groups in total. The first-order valence-electron chi connectivity index (χ1n) is 10.5. The minimum atomic E-state index is -4.53. The highest BCUT2D eigenvalue weighted by molar-refractivity contribution is 6.02. The van der Waals surface area contributed by atoms with Gasteiger partial charge < -0.3 is 15.0 Å². The predicted octanol–water partition coefficient (Wildman–Crippen LogP) is 3.90. The first-order valence-corrected chi connectivity index (χ1v) is 10.5. The van der Waals surface area contributed by atoms with E-state index in [1.54, 1.807) is 12.1 Å². The molecule has 34 heavy (non-hydrogen) atoms. The van der Waals surface area contributed by atoms with Crippen LogP contribution in [0.4, 0.5) is 24.8 Å². The molecule has 3 aromatic heterocycles. The third-order valence-corrected chi connectivity index (χ3v) is 5.41. The number of aromatic nitrogens is 4. The largest absolute Gasteiger partial charge is 0.417 e. The van der Waals surface area contributed by atoms with Crippen LogP contribution in [0.25, 0.3) is 16.9 Å². The number of ether oxygens (including phenoxy) is 1. The summed E-state index contributed by atoms with van der Waals surface area (Å²) >= 11 is 0. The Hall–Kier alpha value is -3.99. The molecule has 1 aromatic carbocycles. The van der Waals surface area contributed by atoms with E-state index in [4.69, 9.17) is 4.74 Å². The van der Waals surface area contributed by atoms with Gasteiger partial charge in [0.15, 0.2) is 5.65 Å². The van der Waals surface area contributed by atoms with Crippen molar-refractivity contribution in [3.05, 3.63) is 72.1 Å². The number of benzene rings is 1. The molecule has 8 nitrogen and oxygen atoms in total. The van der Waals surface area contributed by atoms with Crippen LogP contribution in [0.3, 0.4) is 0 Å². The van der Waals surface area contributed by atoms with Crippen molar-refractivity contribution in [2.75, 3.05) is 36.5 Å². The average Bonchev–Trinajstić information content (AvgIpc) is 3.30. The second-order valence-electron chi connectivity index (χ2n) is 7.61. The summed E-state index contributed by atoms with van der Waals surface area (Å²) in [5.74, 6) is 0.445. The number of nitrogens with one attached hydrogen (secondary N) is 1. The first-order chi connectivity index (χ1) is 16.4. The lowest BCUT2D eigenvalue weighted by atomic mass is 10.0. The molecule has 0 aliphatic carbocycles. The summed E-state index contributed by atoms with van der Waals surface area (Å²) in [6, 6.07) is 13.3. The molecular weight excluding hydrogens is 449 g/mol. The third-order valence-electron chi connectivity index (χ3n) is 5.41. The molecule has 4 aromatic rings. The van der Waals surface area contributed by atoms with E-state index in [0.717, 1.165) is 6.07 Å². The monoisotopic (exact) mass is 468 g/mol. The molecule has 1 aliphatic rings. The number of alkyl halides is 3. The van der Waals surface area contributed by atoms with Gasteiger partial charge in [-0.05, 0) is 24.3 Å². The van der Waals surface area contributed by atoms with Crippen LogP contribution < -0.4 is 10.2 Å². The Morgan fingerprint density at radius 1 is 1.03 bits per heavy atom. The van der Waals surface area contributed by atoms with Gasteiger partial charge in [0.05, 0.1) is 24.5 Å². The molecule has 0 radical (unpaired) electrons. The summed E-state index contributed by atoms with van der Waals surface area (Å²) in [7, 11) is 0. The lowest BCUT2D eigenvalue weighted by Crippen LogP contribution is -2.37. The van der Waals surface area contributed by atoms with Crippen LogP contribution in [-0.2, 0) is 10.9 Å². The molecule has 1 fully saturated rings. The van der Waals surface area contributed by atoms with Gasteiger partial charge in [0.2, 0.25) is 0 Å². The summed E-state index contributed by atoms with van der Waals surface area (Å²) in [6.07, 6.45) is -3.09. The van der Waals surface area contributed by atoms with Crippen molar-refractivity contribution in [2.24, 2.45) is 0 Å². The molecule has 1 aliphatic heterocycles. The predicted molar refractivity (Wildman–Crippen MR) is 119 cm³/mol. The molecule has 0 spiro atoms. The molecule has 174 valence electrons.